The van der Waals surface area contributed by atoms with Crippen molar-refractivity contribution in [3.63, 3.8) is 0 Å². The molecule has 1 aliphatic heterocycles. The van der Waals surface area contributed by atoms with Crippen molar-refractivity contribution in [1.29, 1.82) is 0 Å². The fourth-order valence-corrected chi connectivity index (χ4v) is 2.46. The average molecular weight is 168 g/mol. The Hall–Kier alpha value is -0.0800. The van der Waals surface area contributed by atoms with Gasteiger partial charge in [-0.3, -0.25) is 0 Å². The molecule has 70 valence electrons. The van der Waals surface area contributed by atoms with Gasteiger partial charge in [-0.05, 0) is 32.4 Å². The van der Waals surface area contributed by atoms with E-state index in [-0.39, 0.29) is 0 Å². The van der Waals surface area contributed by atoms with E-state index in [4.69, 9.17) is 0 Å². The molecule has 12 heavy (non-hydrogen) atoms. The van der Waals surface area contributed by atoms with Crippen LogP contribution in [0.3, 0.4) is 0 Å². The Kier molecular flexibility index (Phi) is 3.01. The van der Waals surface area contributed by atoms with Crippen LogP contribution in [-0.2, 0) is 0 Å². The van der Waals surface area contributed by atoms with Crippen LogP contribution >= 0.6 is 0 Å². The van der Waals surface area contributed by atoms with Crippen molar-refractivity contribution < 1.29 is 0 Å². The topological polar surface area (TPSA) is 24.1 Å². The third-order valence-corrected chi connectivity index (χ3v) is 3.18. The van der Waals surface area contributed by atoms with Crippen LogP contribution in [0.5, 0.6) is 0 Å². The lowest BCUT2D eigenvalue weighted by molar-refractivity contribution is 0.389. The molecule has 2 fully saturated rings. The summed E-state index contributed by atoms with van der Waals surface area (Å²) in [7, 11) is 0. The minimum absolute atomic E-state index is 0.773. The zero-order valence-corrected chi connectivity index (χ0v) is 7.81. The maximum atomic E-state index is 3.66. The first kappa shape index (κ1) is 8.52. The lowest BCUT2D eigenvalue weighted by Gasteiger charge is -2.23. The van der Waals surface area contributed by atoms with Gasteiger partial charge in [0.25, 0.3) is 0 Å². The van der Waals surface area contributed by atoms with Gasteiger partial charge >= 0.3 is 0 Å². The van der Waals surface area contributed by atoms with E-state index in [9.17, 15) is 0 Å². The molecule has 2 N–H and O–H groups in total. The van der Waals surface area contributed by atoms with Crippen molar-refractivity contribution in [2.24, 2.45) is 0 Å². The van der Waals surface area contributed by atoms with Gasteiger partial charge in [-0.15, -0.1) is 0 Å². The molecule has 0 aromatic carbocycles. The highest BCUT2D eigenvalue weighted by atomic mass is 15.0. The predicted molar refractivity (Wildman–Crippen MR) is 51.3 cm³/mol. The van der Waals surface area contributed by atoms with E-state index < -0.39 is 0 Å². The summed E-state index contributed by atoms with van der Waals surface area (Å²) in [6.07, 6.45) is 8.37. The molecule has 2 nitrogen and oxygen atoms in total. The van der Waals surface area contributed by atoms with Crippen LogP contribution in [0.1, 0.15) is 38.5 Å². The van der Waals surface area contributed by atoms with E-state index in [1.807, 2.05) is 0 Å². The Balaban J connectivity index is 1.94. The van der Waals surface area contributed by atoms with Crippen LogP contribution in [0.25, 0.3) is 0 Å². The van der Waals surface area contributed by atoms with Gasteiger partial charge in [0.1, 0.15) is 0 Å². The summed E-state index contributed by atoms with van der Waals surface area (Å²) in [5, 5.41) is 7.32. The highest BCUT2D eigenvalue weighted by Gasteiger charge is 2.23. The summed E-state index contributed by atoms with van der Waals surface area (Å²) in [5.74, 6) is 0. The first-order valence-corrected chi connectivity index (χ1v) is 5.43. The van der Waals surface area contributed by atoms with Crippen molar-refractivity contribution in [3.05, 3.63) is 0 Å². The third kappa shape index (κ3) is 1.99. The number of hydrogen-bond donors (Lipinski definition) is 2. The molecule has 2 heteroatoms. The van der Waals surface area contributed by atoms with E-state index in [0.717, 1.165) is 12.1 Å². The highest BCUT2D eigenvalue weighted by Crippen LogP contribution is 2.19. The van der Waals surface area contributed by atoms with E-state index in [1.165, 1.54) is 51.6 Å². The number of fused-ring (bicyclic) bond motifs is 1. The van der Waals surface area contributed by atoms with Gasteiger partial charge in [0.05, 0.1) is 0 Å². The second-order valence-corrected chi connectivity index (χ2v) is 4.11. The summed E-state index contributed by atoms with van der Waals surface area (Å²) in [6.45, 7) is 2.43. The van der Waals surface area contributed by atoms with Gasteiger partial charge in [-0.1, -0.05) is 19.3 Å². The van der Waals surface area contributed by atoms with Crippen molar-refractivity contribution in [2.75, 3.05) is 13.1 Å². The number of rotatable bonds is 0. The molecule has 2 aliphatic rings. The second-order valence-electron chi connectivity index (χ2n) is 4.11. The number of hydrogen-bond acceptors (Lipinski definition) is 2. The lowest BCUT2D eigenvalue weighted by atomic mass is 10.0. The van der Waals surface area contributed by atoms with Gasteiger partial charge in [0, 0.05) is 12.1 Å². The zero-order valence-electron chi connectivity index (χ0n) is 7.81. The fraction of sp³-hybridized carbons (Fsp3) is 1.00. The Labute approximate surface area is 75.1 Å². The fourth-order valence-electron chi connectivity index (χ4n) is 2.46. The van der Waals surface area contributed by atoms with Crippen LogP contribution < -0.4 is 10.6 Å². The first-order valence-electron chi connectivity index (χ1n) is 5.43. The van der Waals surface area contributed by atoms with Gasteiger partial charge in [0.2, 0.25) is 0 Å². The molecule has 0 bridgehead atoms. The molecule has 2 unspecified atom stereocenters. The summed E-state index contributed by atoms with van der Waals surface area (Å²) in [4.78, 5) is 0. The van der Waals surface area contributed by atoms with Gasteiger partial charge in [-0.25, -0.2) is 0 Å². The molecule has 0 radical (unpaired) electrons. The molecule has 1 aliphatic carbocycles. The summed E-state index contributed by atoms with van der Waals surface area (Å²) < 4.78 is 0. The summed E-state index contributed by atoms with van der Waals surface area (Å²) in [6, 6.07) is 1.55. The molecular weight excluding hydrogens is 148 g/mol. The van der Waals surface area contributed by atoms with E-state index in [0.29, 0.717) is 0 Å². The van der Waals surface area contributed by atoms with E-state index in [1.54, 1.807) is 0 Å². The molecule has 1 saturated carbocycles. The highest BCUT2D eigenvalue weighted by molar-refractivity contribution is 4.86. The smallest absolute Gasteiger partial charge is 0.0221 e. The Morgan fingerprint density at radius 1 is 0.667 bits per heavy atom. The second kappa shape index (κ2) is 4.24. The maximum absolute atomic E-state index is 3.66. The lowest BCUT2D eigenvalue weighted by Crippen LogP contribution is -2.44. The molecule has 0 amide bonds. The molecule has 1 saturated heterocycles. The standard InChI is InChI=1S/C10H20N2/c1-2-5-9-10(6-3-1)12-8-4-7-11-9/h9-12H,1-8H2. The SMILES string of the molecule is C1CCC2NCCCNC2CC1. The molecule has 0 aromatic heterocycles. The van der Waals surface area contributed by atoms with Crippen molar-refractivity contribution in [2.45, 2.75) is 50.6 Å². The Morgan fingerprint density at radius 3 is 1.83 bits per heavy atom. The molecule has 2 atom stereocenters. The largest absolute Gasteiger partial charge is 0.312 e. The van der Waals surface area contributed by atoms with Crippen LogP contribution in [-0.4, -0.2) is 25.2 Å². The summed E-state index contributed by atoms with van der Waals surface area (Å²) in [5.41, 5.74) is 0. The van der Waals surface area contributed by atoms with E-state index >= 15 is 0 Å². The van der Waals surface area contributed by atoms with Crippen LogP contribution in [0.2, 0.25) is 0 Å². The molecule has 2 rings (SSSR count). The summed E-state index contributed by atoms with van der Waals surface area (Å²) >= 11 is 0. The minimum Gasteiger partial charge on any atom is -0.312 e. The van der Waals surface area contributed by atoms with Crippen LogP contribution in [0.15, 0.2) is 0 Å². The Morgan fingerprint density at radius 2 is 1.25 bits per heavy atom. The molecule has 0 spiro atoms. The average Bonchev–Trinajstić information content (AvgIpc) is 2.38. The predicted octanol–water partition coefficient (Wildman–Crippen LogP) is 1.27. The normalized spacial score (nSPS) is 38.0. The molecule has 0 aromatic rings. The van der Waals surface area contributed by atoms with E-state index in [2.05, 4.69) is 10.6 Å². The van der Waals surface area contributed by atoms with Gasteiger partial charge in [-0.2, -0.15) is 0 Å². The molecule has 1 heterocycles. The quantitative estimate of drug-likeness (QED) is 0.569. The monoisotopic (exact) mass is 168 g/mol. The third-order valence-electron chi connectivity index (χ3n) is 3.18. The number of nitrogens with one attached hydrogen (secondary N) is 2. The van der Waals surface area contributed by atoms with Crippen LogP contribution in [0.4, 0.5) is 0 Å². The van der Waals surface area contributed by atoms with Crippen LogP contribution in [0, 0.1) is 0 Å². The van der Waals surface area contributed by atoms with Crippen molar-refractivity contribution >= 4 is 0 Å². The van der Waals surface area contributed by atoms with Crippen molar-refractivity contribution in [1.82, 2.24) is 10.6 Å². The minimum atomic E-state index is 0.773. The molecular formula is C10H20N2. The first-order chi connectivity index (χ1) is 5.97. The Bertz CT molecular complexity index is 108. The zero-order chi connectivity index (χ0) is 8.23. The van der Waals surface area contributed by atoms with Gasteiger partial charge < -0.3 is 10.6 Å². The van der Waals surface area contributed by atoms with Gasteiger partial charge in [0.15, 0.2) is 0 Å². The van der Waals surface area contributed by atoms with Crippen molar-refractivity contribution in [3.8, 4) is 0 Å². The maximum Gasteiger partial charge on any atom is 0.0221 e.